The van der Waals surface area contributed by atoms with Gasteiger partial charge in [0.2, 0.25) is 0 Å². The number of hydrogen-bond donors (Lipinski definition) is 1. The fourth-order valence-corrected chi connectivity index (χ4v) is 3.00. The molecule has 2 aromatic rings. The van der Waals surface area contributed by atoms with Gasteiger partial charge in [-0.05, 0) is 42.3 Å². The number of aryl methyl sites for hydroxylation is 1. The van der Waals surface area contributed by atoms with Crippen molar-refractivity contribution in [3.05, 3.63) is 57.8 Å². The summed E-state index contributed by atoms with van der Waals surface area (Å²) in [6.07, 6.45) is 2.23. The third-order valence-electron chi connectivity index (χ3n) is 3.23. The lowest BCUT2D eigenvalue weighted by molar-refractivity contribution is 0.547. The van der Waals surface area contributed by atoms with Crippen molar-refractivity contribution in [1.29, 1.82) is 0 Å². The van der Waals surface area contributed by atoms with Gasteiger partial charge >= 0.3 is 0 Å². The first-order chi connectivity index (χ1) is 8.79. The fraction of sp³-hybridized carbons (Fsp3) is 0.375. The molecule has 1 atom stereocenters. The van der Waals surface area contributed by atoms with Crippen LogP contribution < -0.4 is 5.32 Å². The van der Waals surface area contributed by atoms with E-state index < -0.39 is 0 Å². The van der Waals surface area contributed by atoms with Crippen LogP contribution in [-0.4, -0.2) is 6.04 Å². The van der Waals surface area contributed by atoms with Crippen molar-refractivity contribution in [3.8, 4) is 0 Å². The summed E-state index contributed by atoms with van der Waals surface area (Å²) < 4.78 is 0. The Hall–Kier alpha value is -1.12. The Morgan fingerprint density at radius 2 is 1.89 bits per heavy atom. The topological polar surface area (TPSA) is 12.0 Å². The van der Waals surface area contributed by atoms with Gasteiger partial charge in [-0.3, -0.25) is 0 Å². The highest BCUT2D eigenvalue weighted by Gasteiger charge is 2.05. The Morgan fingerprint density at radius 3 is 2.56 bits per heavy atom. The van der Waals surface area contributed by atoms with Crippen LogP contribution >= 0.6 is 11.3 Å². The molecule has 2 rings (SSSR count). The Morgan fingerprint density at radius 1 is 1.11 bits per heavy atom. The molecule has 0 radical (unpaired) electrons. The van der Waals surface area contributed by atoms with Crippen LogP contribution in [0.3, 0.4) is 0 Å². The zero-order valence-electron chi connectivity index (χ0n) is 11.1. The normalized spacial score (nSPS) is 12.6. The maximum atomic E-state index is 3.62. The van der Waals surface area contributed by atoms with Crippen LogP contribution in [0.4, 0.5) is 0 Å². The van der Waals surface area contributed by atoms with Crippen molar-refractivity contribution in [2.45, 2.75) is 39.3 Å². The standard InChI is InChI=1S/C16H21NS/c1-3-14-7-4-5-8-15(14)12-17-13(2)11-16-9-6-10-18-16/h4-10,13,17H,3,11-12H2,1-2H3. The van der Waals surface area contributed by atoms with Gasteiger partial charge in [0, 0.05) is 17.5 Å². The number of rotatable bonds is 6. The second-order valence-electron chi connectivity index (χ2n) is 4.69. The fourth-order valence-electron chi connectivity index (χ4n) is 2.16. The summed E-state index contributed by atoms with van der Waals surface area (Å²) in [5.74, 6) is 0. The van der Waals surface area contributed by atoms with E-state index in [-0.39, 0.29) is 0 Å². The Labute approximate surface area is 114 Å². The van der Waals surface area contributed by atoms with Gasteiger partial charge in [-0.15, -0.1) is 11.3 Å². The first kappa shape index (κ1) is 13.3. The molecule has 0 aliphatic rings. The van der Waals surface area contributed by atoms with Gasteiger partial charge in [0.25, 0.3) is 0 Å². The second kappa shape index (κ2) is 6.72. The van der Waals surface area contributed by atoms with Crippen molar-refractivity contribution < 1.29 is 0 Å². The van der Waals surface area contributed by atoms with E-state index in [1.165, 1.54) is 16.0 Å². The zero-order chi connectivity index (χ0) is 12.8. The predicted molar refractivity (Wildman–Crippen MR) is 80.1 cm³/mol. The lowest BCUT2D eigenvalue weighted by atomic mass is 10.0. The molecule has 0 aliphatic heterocycles. The molecule has 18 heavy (non-hydrogen) atoms. The SMILES string of the molecule is CCc1ccccc1CNC(C)Cc1cccs1. The van der Waals surface area contributed by atoms with Crippen LogP contribution in [0.25, 0.3) is 0 Å². The monoisotopic (exact) mass is 259 g/mol. The molecule has 1 aromatic carbocycles. The van der Waals surface area contributed by atoms with Gasteiger partial charge in [-0.2, -0.15) is 0 Å². The summed E-state index contributed by atoms with van der Waals surface area (Å²) in [6, 6.07) is 13.6. The minimum atomic E-state index is 0.522. The van der Waals surface area contributed by atoms with E-state index in [4.69, 9.17) is 0 Å². The van der Waals surface area contributed by atoms with E-state index in [1.807, 2.05) is 11.3 Å². The molecule has 0 amide bonds. The lowest BCUT2D eigenvalue weighted by Gasteiger charge is -2.14. The lowest BCUT2D eigenvalue weighted by Crippen LogP contribution is -2.27. The molecular formula is C16H21NS. The van der Waals surface area contributed by atoms with Crippen LogP contribution in [0.5, 0.6) is 0 Å². The molecule has 2 heteroatoms. The van der Waals surface area contributed by atoms with Crippen LogP contribution in [0, 0.1) is 0 Å². The Kier molecular flexibility index (Phi) is 4.97. The molecule has 0 fully saturated rings. The van der Waals surface area contributed by atoms with E-state index in [9.17, 15) is 0 Å². The van der Waals surface area contributed by atoms with Gasteiger partial charge in [-0.1, -0.05) is 37.3 Å². The molecule has 0 saturated carbocycles. The first-order valence-corrected chi connectivity index (χ1v) is 7.50. The van der Waals surface area contributed by atoms with E-state index >= 15 is 0 Å². The van der Waals surface area contributed by atoms with E-state index in [0.29, 0.717) is 6.04 Å². The summed E-state index contributed by atoms with van der Waals surface area (Å²) in [5.41, 5.74) is 2.88. The Bertz CT molecular complexity index is 462. The summed E-state index contributed by atoms with van der Waals surface area (Å²) >= 11 is 1.84. The molecule has 0 aliphatic carbocycles. The Balaban J connectivity index is 1.87. The predicted octanol–water partition coefficient (Wildman–Crippen LogP) is 4.03. The van der Waals surface area contributed by atoms with Crippen LogP contribution in [0.2, 0.25) is 0 Å². The molecule has 1 heterocycles. The minimum Gasteiger partial charge on any atom is -0.310 e. The van der Waals surface area contributed by atoms with Gasteiger partial charge in [-0.25, -0.2) is 0 Å². The molecule has 0 bridgehead atoms. The quantitative estimate of drug-likeness (QED) is 0.826. The molecule has 1 nitrogen and oxygen atoms in total. The number of nitrogens with one attached hydrogen (secondary N) is 1. The highest BCUT2D eigenvalue weighted by molar-refractivity contribution is 7.09. The van der Waals surface area contributed by atoms with Crippen molar-refractivity contribution in [1.82, 2.24) is 5.32 Å². The second-order valence-corrected chi connectivity index (χ2v) is 5.72. The molecule has 0 spiro atoms. The maximum absolute atomic E-state index is 3.62. The van der Waals surface area contributed by atoms with Gasteiger partial charge in [0.05, 0.1) is 0 Å². The largest absolute Gasteiger partial charge is 0.310 e. The van der Waals surface area contributed by atoms with Crippen molar-refractivity contribution in [3.63, 3.8) is 0 Å². The van der Waals surface area contributed by atoms with Crippen molar-refractivity contribution >= 4 is 11.3 Å². The van der Waals surface area contributed by atoms with Crippen molar-refractivity contribution in [2.24, 2.45) is 0 Å². The molecule has 0 saturated heterocycles. The third-order valence-corrected chi connectivity index (χ3v) is 4.13. The molecule has 1 N–H and O–H groups in total. The molecular weight excluding hydrogens is 238 g/mol. The van der Waals surface area contributed by atoms with E-state index in [2.05, 4.69) is 60.9 Å². The van der Waals surface area contributed by atoms with Crippen LogP contribution in [0.1, 0.15) is 29.9 Å². The van der Waals surface area contributed by atoms with Gasteiger partial charge in [0.1, 0.15) is 0 Å². The highest BCUT2D eigenvalue weighted by atomic mass is 32.1. The summed E-state index contributed by atoms with van der Waals surface area (Å²) in [4.78, 5) is 1.46. The van der Waals surface area contributed by atoms with E-state index in [0.717, 1.165) is 19.4 Å². The van der Waals surface area contributed by atoms with E-state index in [1.54, 1.807) is 0 Å². The van der Waals surface area contributed by atoms with Gasteiger partial charge in [0.15, 0.2) is 0 Å². The highest BCUT2D eigenvalue weighted by Crippen LogP contribution is 2.12. The van der Waals surface area contributed by atoms with Crippen LogP contribution in [-0.2, 0) is 19.4 Å². The molecule has 1 aromatic heterocycles. The smallest absolute Gasteiger partial charge is 0.0210 e. The summed E-state index contributed by atoms with van der Waals surface area (Å²) in [5, 5.41) is 5.77. The molecule has 96 valence electrons. The average molecular weight is 259 g/mol. The summed E-state index contributed by atoms with van der Waals surface area (Å²) in [7, 11) is 0. The zero-order valence-corrected chi connectivity index (χ0v) is 12.0. The minimum absolute atomic E-state index is 0.522. The number of hydrogen-bond acceptors (Lipinski definition) is 2. The third kappa shape index (κ3) is 3.69. The van der Waals surface area contributed by atoms with Crippen molar-refractivity contribution in [2.75, 3.05) is 0 Å². The molecule has 1 unspecified atom stereocenters. The summed E-state index contributed by atoms with van der Waals surface area (Å²) in [6.45, 7) is 5.44. The average Bonchev–Trinajstić information content (AvgIpc) is 2.89. The number of benzene rings is 1. The number of thiophene rings is 1. The van der Waals surface area contributed by atoms with Crippen LogP contribution in [0.15, 0.2) is 41.8 Å². The first-order valence-electron chi connectivity index (χ1n) is 6.62. The van der Waals surface area contributed by atoms with Gasteiger partial charge < -0.3 is 5.32 Å². The maximum Gasteiger partial charge on any atom is 0.0210 e.